The summed E-state index contributed by atoms with van der Waals surface area (Å²) < 4.78 is 26.0. The highest BCUT2D eigenvalue weighted by Gasteiger charge is 2.28. The van der Waals surface area contributed by atoms with Crippen molar-refractivity contribution in [2.24, 2.45) is 0 Å². The van der Waals surface area contributed by atoms with Crippen molar-refractivity contribution in [2.75, 3.05) is 20.6 Å². The van der Waals surface area contributed by atoms with E-state index in [4.69, 9.17) is 23.2 Å². The van der Waals surface area contributed by atoms with E-state index in [1.54, 1.807) is 0 Å². The van der Waals surface area contributed by atoms with Gasteiger partial charge in [0, 0.05) is 18.6 Å². The summed E-state index contributed by atoms with van der Waals surface area (Å²) in [6.45, 7) is -0.318. The first-order chi connectivity index (χ1) is 8.70. The lowest BCUT2D eigenvalue weighted by molar-refractivity contribution is -0.120. The molecule has 0 saturated heterocycles. The maximum Gasteiger partial charge on any atom is 0.246 e. The average molecular weight is 390 g/mol. The number of nitrogens with zero attached hydrogens (tertiary/aromatic N) is 1. The van der Waals surface area contributed by atoms with Crippen LogP contribution in [-0.2, 0) is 14.8 Å². The third kappa shape index (κ3) is 3.82. The van der Waals surface area contributed by atoms with E-state index in [1.807, 2.05) is 0 Å². The summed E-state index contributed by atoms with van der Waals surface area (Å²) in [5.41, 5.74) is 0. The summed E-state index contributed by atoms with van der Waals surface area (Å²) in [7, 11) is -1.24. The summed E-state index contributed by atoms with van der Waals surface area (Å²) in [5.74, 6) is -0.435. The van der Waals surface area contributed by atoms with Gasteiger partial charge in [-0.15, -0.1) is 0 Å². The highest BCUT2D eigenvalue weighted by atomic mass is 79.9. The molecule has 0 aliphatic rings. The molecule has 0 saturated carbocycles. The van der Waals surface area contributed by atoms with Crippen LogP contribution in [0.1, 0.15) is 0 Å². The first-order valence-corrected chi connectivity index (χ1v) is 8.00. The van der Waals surface area contributed by atoms with Gasteiger partial charge in [-0.2, -0.15) is 4.31 Å². The van der Waals surface area contributed by atoms with Crippen molar-refractivity contribution < 1.29 is 13.2 Å². The fourth-order valence-electron chi connectivity index (χ4n) is 1.30. The van der Waals surface area contributed by atoms with Crippen LogP contribution in [0.25, 0.3) is 0 Å². The Morgan fingerprint density at radius 3 is 2.26 bits per heavy atom. The summed E-state index contributed by atoms with van der Waals surface area (Å²) >= 11 is 15.0. The Balaban J connectivity index is 3.24. The van der Waals surface area contributed by atoms with Crippen molar-refractivity contribution in [2.45, 2.75) is 4.90 Å². The number of carbonyl (C=O) groups excluding carboxylic acids is 1. The van der Waals surface area contributed by atoms with Crippen LogP contribution in [-0.4, -0.2) is 39.3 Å². The largest absolute Gasteiger partial charge is 0.358 e. The number of carbonyl (C=O) groups is 1. The van der Waals surface area contributed by atoms with Crippen LogP contribution in [0.15, 0.2) is 21.5 Å². The molecule has 106 valence electrons. The molecule has 0 unspecified atom stereocenters. The van der Waals surface area contributed by atoms with Gasteiger partial charge in [0.05, 0.1) is 16.6 Å². The zero-order valence-electron chi connectivity index (χ0n) is 10.1. The van der Waals surface area contributed by atoms with Crippen LogP contribution in [0, 0.1) is 0 Å². The van der Waals surface area contributed by atoms with Gasteiger partial charge in [0.15, 0.2) is 0 Å². The lowest BCUT2D eigenvalue weighted by Crippen LogP contribution is -2.37. The normalized spacial score (nSPS) is 11.7. The molecule has 1 rings (SSSR count). The number of hydrogen-bond donors (Lipinski definition) is 1. The van der Waals surface area contributed by atoms with Crippen molar-refractivity contribution in [1.29, 1.82) is 0 Å². The first-order valence-electron chi connectivity index (χ1n) is 5.01. The number of rotatable bonds is 4. The number of nitrogens with one attached hydrogen (secondary N) is 1. The Morgan fingerprint density at radius 1 is 1.37 bits per heavy atom. The van der Waals surface area contributed by atoms with Crippen LogP contribution >= 0.6 is 39.1 Å². The molecule has 0 spiro atoms. The predicted molar refractivity (Wildman–Crippen MR) is 78.0 cm³/mol. The van der Waals surface area contributed by atoms with E-state index in [2.05, 4.69) is 21.2 Å². The molecule has 0 atom stereocenters. The molecule has 0 fully saturated rings. The van der Waals surface area contributed by atoms with Gasteiger partial charge in [-0.3, -0.25) is 4.79 Å². The van der Waals surface area contributed by atoms with Gasteiger partial charge in [-0.05, 0) is 12.1 Å². The van der Waals surface area contributed by atoms with E-state index in [0.29, 0.717) is 4.47 Å². The number of hydrogen-bond acceptors (Lipinski definition) is 3. The quantitative estimate of drug-likeness (QED) is 0.857. The summed E-state index contributed by atoms with van der Waals surface area (Å²) in [4.78, 5) is 11.0. The topological polar surface area (TPSA) is 66.5 Å². The maximum absolute atomic E-state index is 12.3. The molecule has 0 bridgehead atoms. The highest BCUT2D eigenvalue weighted by molar-refractivity contribution is 9.10. The van der Waals surface area contributed by atoms with Crippen LogP contribution < -0.4 is 5.32 Å². The SMILES string of the molecule is CNC(=O)CN(C)S(=O)(=O)c1c(Cl)cc(Br)cc1Cl. The van der Waals surface area contributed by atoms with E-state index in [1.165, 1.54) is 26.2 Å². The number of likely N-dealkylation sites (N-methyl/N-ethyl adjacent to an activating group) is 2. The molecular weight excluding hydrogens is 379 g/mol. The van der Waals surface area contributed by atoms with Crippen LogP contribution in [0.2, 0.25) is 10.0 Å². The summed E-state index contributed by atoms with van der Waals surface area (Å²) in [6.07, 6.45) is 0. The van der Waals surface area contributed by atoms with Gasteiger partial charge in [0.1, 0.15) is 4.90 Å². The predicted octanol–water partition coefficient (Wildman–Crippen LogP) is 2.12. The van der Waals surface area contributed by atoms with Gasteiger partial charge in [-0.25, -0.2) is 8.42 Å². The van der Waals surface area contributed by atoms with Gasteiger partial charge in [0.25, 0.3) is 0 Å². The van der Waals surface area contributed by atoms with E-state index in [0.717, 1.165) is 4.31 Å². The standard InChI is InChI=1S/C10H11BrCl2N2O3S/c1-14-9(16)5-15(2)19(17,18)10-7(12)3-6(11)4-8(10)13/h3-4H,5H2,1-2H3,(H,14,16). The smallest absolute Gasteiger partial charge is 0.246 e. The van der Waals surface area contributed by atoms with Crippen molar-refractivity contribution in [3.05, 3.63) is 26.7 Å². The number of halogens is 3. The Labute approximate surface area is 130 Å². The third-order valence-electron chi connectivity index (χ3n) is 2.28. The lowest BCUT2D eigenvalue weighted by Gasteiger charge is -2.18. The molecule has 19 heavy (non-hydrogen) atoms. The van der Waals surface area contributed by atoms with Crippen LogP contribution in [0.3, 0.4) is 0 Å². The molecule has 0 aromatic heterocycles. The number of sulfonamides is 1. The van der Waals surface area contributed by atoms with Gasteiger partial charge in [0.2, 0.25) is 15.9 Å². The van der Waals surface area contributed by atoms with E-state index < -0.39 is 15.9 Å². The summed E-state index contributed by atoms with van der Waals surface area (Å²) in [5, 5.41) is 2.32. The fraction of sp³-hybridized carbons (Fsp3) is 0.300. The molecule has 0 aliphatic heterocycles. The molecule has 0 aliphatic carbocycles. The molecule has 1 aromatic carbocycles. The average Bonchev–Trinajstić information content (AvgIpc) is 2.26. The molecule has 1 aromatic rings. The van der Waals surface area contributed by atoms with Gasteiger partial charge >= 0.3 is 0 Å². The van der Waals surface area contributed by atoms with E-state index in [-0.39, 0.29) is 21.5 Å². The van der Waals surface area contributed by atoms with Crippen molar-refractivity contribution in [3.63, 3.8) is 0 Å². The second-order valence-electron chi connectivity index (χ2n) is 3.63. The van der Waals surface area contributed by atoms with E-state index in [9.17, 15) is 13.2 Å². The van der Waals surface area contributed by atoms with Gasteiger partial charge < -0.3 is 5.32 Å². The zero-order valence-corrected chi connectivity index (χ0v) is 14.0. The molecule has 9 heteroatoms. The molecule has 0 radical (unpaired) electrons. The fourth-order valence-corrected chi connectivity index (χ4v) is 4.30. The third-order valence-corrected chi connectivity index (χ3v) is 5.46. The minimum atomic E-state index is -3.93. The van der Waals surface area contributed by atoms with Crippen molar-refractivity contribution >= 4 is 55.1 Å². The minimum absolute atomic E-state index is 0.0110. The second-order valence-corrected chi connectivity index (χ2v) is 7.34. The van der Waals surface area contributed by atoms with Crippen molar-refractivity contribution in [1.82, 2.24) is 9.62 Å². The number of benzene rings is 1. The molecular formula is C10H11BrCl2N2O3S. The van der Waals surface area contributed by atoms with Crippen LogP contribution in [0.4, 0.5) is 0 Å². The molecule has 0 heterocycles. The Morgan fingerprint density at radius 2 is 1.84 bits per heavy atom. The second kappa shape index (κ2) is 6.41. The molecule has 1 N–H and O–H groups in total. The zero-order chi connectivity index (χ0) is 14.8. The van der Waals surface area contributed by atoms with Gasteiger partial charge in [-0.1, -0.05) is 39.1 Å². The molecule has 1 amide bonds. The Kier molecular flexibility index (Phi) is 5.64. The summed E-state index contributed by atoms with van der Waals surface area (Å²) in [6, 6.07) is 2.85. The first kappa shape index (κ1) is 16.7. The monoisotopic (exact) mass is 388 g/mol. The highest BCUT2D eigenvalue weighted by Crippen LogP contribution is 2.34. The lowest BCUT2D eigenvalue weighted by atomic mass is 10.4. The maximum atomic E-state index is 12.3. The van der Waals surface area contributed by atoms with Crippen LogP contribution in [0.5, 0.6) is 0 Å². The minimum Gasteiger partial charge on any atom is -0.358 e. The Bertz CT molecular complexity index is 584. The van der Waals surface area contributed by atoms with Crippen molar-refractivity contribution in [3.8, 4) is 0 Å². The molecule has 5 nitrogen and oxygen atoms in total. The Hall–Kier alpha value is -0.340. The van der Waals surface area contributed by atoms with E-state index >= 15 is 0 Å². The number of amides is 1.